The zero-order valence-electron chi connectivity index (χ0n) is 18.1. The van der Waals surface area contributed by atoms with E-state index in [9.17, 15) is 4.79 Å². The Balaban J connectivity index is 1.51. The van der Waals surface area contributed by atoms with Crippen molar-refractivity contribution in [3.8, 4) is 0 Å². The number of nitrogens with zero attached hydrogens (tertiary/aromatic N) is 2. The molecular weight excluding hydrogens is 384 g/mol. The zero-order valence-corrected chi connectivity index (χ0v) is 18.1. The van der Waals surface area contributed by atoms with Crippen LogP contribution in [0.4, 0.5) is 0 Å². The number of rotatable bonds is 8. The highest BCUT2D eigenvalue weighted by atomic mass is 16.5. The molecule has 4 rings (SSSR count). The van der Waals surface area contributed by atoms with E-state index < -0.39 is 0 Å². The van der Waals surface area contributed by atoms with E-state index in [4.69, 9.17) is 9.84 Å². The van der Waals surface area contributed by atoms with Gasteiger partial charge in [0.2, 0.25) is 0 Å². The molecule has 4 aromatic rings. The fourth-order valence-corrected chi connectivity index (χ4v) is 3.79. The summed E-state index contributed by atoms with van der Waals surface area (Å²) in [6.45, 7) is 5.26. The van der Waals surface area contributed by atoms with E-state index in [1.165, 1.54) is 11.1 Å². The molecule has 0 saturated heterocycles. The molecule has 0 aliphatic rings. The molecule has 0 unspecified atom stereocenters. The smallest absolute Gasteiger partial charge is 0.338 e. The predicted octanol–water partition coefficient (Wildman–Crippen LogP) is 6.07. The molecule has 1 aromatic heterocycles. The van der Waals surface area contributed by atoms with Crippen LogP contribution in [-0.4, -0.2) is 22.4 Å². The second-order valence-electron chi connectivity index (χ2n) is 8.32. The fourth-order valence-electron chi connectivity index (χ4n) is 3.79. The summed E-state index contributed by atoms with van der Waals surface area (Å²) in [7, 11) is 0. The van der Waals surface area contributed by atoms with Crippen molar-refractivity contribution in [2.45, 2.75) is 32.7 Å². The van der Waals surface area contributed by atoms with Crippen LogP contribution < -0.4 is 0 Å². The molecule has 3 aromatic carbocycles. The summed E-state index contributed by atoms with van der Waals surface area (Å²) in [5.74, 6) is 0.323. The maximum absolute atomic E-state index is 12.3. The highest BCUT2D eigenvalue weighted by Crippen LogP contribution is 2.28. The number of carbonyl (C=O) groups excluding carboxylic acids is 1. The molecule has 0 spiro atoms. The van der Waals surface area contributed by atoms with Crippen LogP contribution in [0, 0.1) is 5.92 Å². The molecule has 31 heavy (non-hydrogen) atoms. The summed E-state index contributed by atoms with van der Waals surface area (Å²) >= 11 is 0. The Labute approximate surface area is 183 Å². The first kappa shape index (κ1) is 20.9. The summed E-state index contributed by atoms with van der Waals surface area (Å²) in [5, 5.41) is 5.74. The second kappa shape index (κ2) is 9.61. The van der Waals surface area contributed by atoms with Crippen LogP contribution in [0.25, 0.3) is 10.9 Å². The molecule has 158 valence electrons. The largest absolute Gasteiger partial charge is 0.462 e. The van der Waals surface area contributed by atoms with E-state index in [0.717, 1.165) is 23.9 Å². The van der Waals surface area contributed by atoms with E-state index in [2.05, 4.69) is 60.7 Å². The molecule has 4 nitrogen and oxygen atoms in total. The molecule has 0 aliphatic heterocycles. The van der Waals surface area contributed by atoms with Crippen LogP contribution in [0.2, 0.25) is 0 Å². The second-order valence-corrected chi connectivity index (χ2v) is 8.32. The van der Waals surface area contributed by atoms with Crippen LogP contribution in [0.15, 0.2) is 85.1 Å². The van der Waals surface area contributed by atoms with Gasteiger partial charge in [0.25, 0.3) is 0 Å². The van der Waals surface area contributed by atoms with Crippen molar-refractivity contribution < 1.29 is 9.53 Å². The third-order valence-corrected chi connectivity index (χ3v) is 5.39. The maximum Gasteiger partial charge on any atom is 0.338 e. The lowest BCUT2D eigenvalue weighted by Gasteiger charge is -2.18. The van der Waals surface area contributed by atoms with Gasteiger partial charge in [-0.15, -0.1) is 0 Å². The summed E-state index contributed by atoms with van der Waals surface area (Å²) in [6.07, 6.45) is 2.98. The van der Waals surface area contributed by atoms with Gasteiger partial charge in [-0.3, -0.25) is 4.68 Å². The van der Waals surface area contributed by atoms with Gasteiger partial charge < -0.3 is 4.74 Å². The first-order chi connectivity index (χ1) is 15.1. The average molecular weight is 413 g/mol. The lowest BCUT2D eigenvalue weighted by molar-refractivity contribution is 0.0459. The Hall–Kier alpha value is -3.40. The molecule has 1 heterocycles. The number of hydrogen-bond acceptors (Lipinski definition) is 3. The quantitative estimate of drug-likeness (QED) is 0.330. The first-order valence-electron chi connectivity index (χ1n) is 10.8. The van der Waals surface area contributed by atoms with E-state index in [0.29, 0.717) is 24.0 Å². The number of aromatic nitrogens is 2. The van der Waals surface area contributed by atoms with Crippen molar-refractivity contribution in [1.29, 1.82) is 0 Å². The third-order valence-electron chi connectivity index (χ3n) is 5.39. The Morgan fingerprint density at radius 2 is 1.58 bits per heavy atom. The van der Waals surface area contributed by atoms with E-state index >= 15 is 0 Å². The third kappa shape index (κ3) is 5.21. The van der Waals surface area contributed by atoms with Gasteiger partial charge in [0, 0.05) is 24.0 Å². The number of aryl methyl sites for hydroxylation is 1. The first-order valence-corrected chi connectivity index (χ1v) is 10.8. The number of fused-ring (bicyclic) bond motifs is 1. The lowest BCUT2D eigenvalue weighted by atomic mass is 9.88. The molecule has 0 amide bonds. The van der Waals surface area contributed by atoms with Gasteiger partial charge in [-0.25, -0.2) is 4.79 Å². The number of esters is 1. The van der Waals surface area contributed by atoms with Gasteiger partial charge in [-0.1, -0.05) is 80.6 Å². The molecule has 0 radical (unpaired) electrons. The highest BCUT2D eigenvalue weighted by Gasteiger charge is 2.15. The lowest BCUT2D eigenvalue weighted by Crippen LogP contribution is -2.10. The molecule has 0 aliphatic carbocycles. The van der Waals surface area contributed by atoms with Crippen LogP contribution >= 0.6 is 0 Å². The fraction of sp³-hybridized carbons (Fsp3) is 0.259. The van der Waals surface area contributed by atoms with E-state index in [-0.39, 0.29) is 5.97 Å². The van der Waals surface area contributed by atoms with Gasteiger partial charge in [-0.05, 0) is 35.6 Å². The van der Waals surface area contributed by atoms with E-state index in [1.54, 1.807) is 0 Å². The van der Waals surface area contributed by atoms with Gasteiger partial charge in [0.15, 0.2) is 0 Å². The Bertz CT molecular complexity index is 1090. The summed E-state index contributed by atoms with van der Waals surface area (Å²) in [6, 6.07) is 26.8. The molecular formula is C27H28N2O2. The monoisotopic (exact) mass is 412 g/mol. The highest BCUT2D eigenvalue weighted by molar-refractivity contribution is 5.94. The zero-order chi connectivity index (χ0) is 21.6. The predicted molar refractivity (Wildman–Crippen MR) is 124 cm³/mol. The Morgan fingerprint density at radius 1 is 0.935 bits per heavy atom. The normalized spacial score (nSPS) is 11.4. The van der Waals surface area contributed by atoms with Crippen LogP contribution in [0.5, 0.6) is 0 Å². The van der Waals surface area contributed by atoms with Crippen LogP contribution in [-0.2, 0) is 11.3 Å². The minimum absolute atomic E-state index is 0.293. The van der Waals surface area contributed by atoms with Gasteiger partial charge in [-0.2, -0.15) is 5.10 Å². The molecule has 0 bridgehead atoms. The van der Waals surface area contributed by atoms with Crippen molar-refractivity contribution in [1.82, 2.24) is 9.78 Å². The van der Waals surface area contributed by atoms with Crippen molar-refractivity contribution in [3.63, 3.8) is 0 Å². The SMILES string of the molecule is CC(C)COC(=O)c1ccc2cn(CCC(c3ccccc3)c3ccccc3)nc2c1. The minimum atomic E-state index is -0.293. The molecule has 0 N–H and O–H groups in total. The van der Waals surface area contributed by atoms with Crippen molar-refractivity contribution in [3.05, 3.63) is 102 Å². The molecule has 0 fully saturated rings. The molecule has 0 atom stereocenters. The number of benzene rings is 3. The van der Waals surface area contributed by atoms with Gasteiger partial charge in [0.05, 0.1) is 17.7 Å². The number of carbonyl (C=O) groups is 1. The molecule has 4 heteroatoms. The number of hydrogen-bond donors (Lipinski definition) is 0. The summed E-state index contributed by atoms with van der Waals surface area (Å²) in [4.78, 5) is 12.3. The van der Waals surface area contributed by atoms with Crippen molar-refractivity contribution >= 4 is 16.9 Å². The van der Waals surface area contributed by atoms with E-state index in [1.807, 2.05) is 42.9 Å². The summed E-state index contributed by atoms with van der Waals surface area (Å²) in [5.41, 5.74) is 3.97. The average Bonchev–Trinajstić information content (AvgIpc) is 3.21. The van der Waals surface area contributed by atoms with Crippen LogP contribution in [0.1, 0.15) is 47.7 Å². The summed E-state index contributed by atoms with van der Waals surface area (Å²) < 4.78 is 7.33. The Morgan fingerprint density at radius 3 is 2.19 bits per heavy atom. The van der Waals surface area contributed by atoms with Gasteiger partial charge >= 0.3 is 5.97 Å². The van der Waals surface area contributed by atoms with Gasteiger partial charge in [0.1, 0.15) is 0 Å². The van der Waals surface area contributed by atoms with Crippen molar-refractivity contribution in [2.24, 2.45) is 5.92 Å². The topological polar surface area (TPSA) is 44.1 Å². The molecule has 0 saturated carbocycles. The van der Waals surface area contributed by atoms with Crippen molar-refractivity contribution in [2.75, 3.05) is 6.61 Å². The maximum atomic E-state index is 12.3. The Kier molecular flexibility index (Phi) is 6.46. The number of ether oxygens (including phenoxy) is 1. The standard InChI is InChI=1S/C27H28N2O2/c1-20(2)19-31-27(30)23-13-14-24-18-29(28-26(24)17-23)16-15-25(21-9-5-3-6-10-21)22-11-7-4-8-12-22/h3-14,17-18,20,25H,15-16,19H2,1-2H3. The minimum Gasteiger partial charge on any atom is -0.462 e. The van der Waals surface area contributed by atoms with Crippen LogP contribution in [0.3, 0.4) is 0 Å².